The van der Waals surface area contributed by atoms with E-state index in [1.54, 1.807) is 28.6 Å². The Hall–Kier alpha value is -2.86. The first kappa shape index (κ1) is 24.8. The van der Waals surface area contributed by atoms with Crippen LogP contribution in [0.25, 0.3) is 10.2 Å². The molecule has 1 aliphatic rings. The smallest absolute Gasteiger partial charge is 0.253 e. The molecule has 1 atom stereocenters. The van der Waals surface area contributed by atoms with E-state index < -0.39 is 16.1 Å². The summed E-state index contributed by atoms with van der Waals surface area (Å²) in [6.07, 6.45) is 3.64. The van der Waals surface area contributed by atoms with Crippen molar-refractivity contribution in [3.8, 4) is 5.75 Å². The number of sulfonamides is 1. The second kappa shape index (κ2) is 10.6. The van der Waals surface area contributed by atoms with Gasteiger partial charge < -0.3 is 4.74 Å². The molecule has 1 saturated heterocycles. The van der Waals surface area contributed by atoms with E-state index in [0.717, 1.165) is 28.8 Å². The van der Waals surface area contributed by atoms with E-state index in [9.17, 15) is 13.2 Å². The molecule has 188 valence electrons. The average molecular weight is 543 g/mol. The number of hydrogen-bond donors (Lipinski definition) is 0. The van der Waals surface area contributed by atoms with Gasteiger partial charge in [-0.05, 0) is 61.5 Å². The molecule has 0 N–H and O–H groups in total. The van der Waals surface area contributed by atoms with Gasteiger partial charge in [0.05, 0.1) is 29.1 Å². The van der Waals surface area contributed by atoms with Gasteiger partial charge in [0.15, 0.2) is 5.13 Å². The Morgan fingerprint density at radius 3 is 2.83 bits per heavy atom. The Kier molecular flexibility index (Phi) is 7.33. The normalized spacial score (nSPS) is 16.8. The zero-order valence-corrected chi connectivity index (χ0v) is 22.2. The van der Waals surface area contributed by atoms with Crippen molar-refractivity contribution in [3.05, 3.63) is 65.8 Å². The zero-order chi connectivity index (χ0) is 25.1. The molecule has 0 saturated carbocycles. The van der Waals surface area contributed by atoms with Gasteiger partial charge in [-0.2, -0.15) is 4.31 Å². The predicted molar refractivity (Wildman–Crippen MR) is 142 cm³/mol. The topological polar surface area (TPSA) is 92.7 Å². The van der Waals surface area contributed by atoms with Crippen LogP contribution in [0, 0.1) is 0 Å². The lowest BCUT2D eigenvalue weighted by molar-refractivity contribution is -0.123. The monoisotopic (exact) mass is 542 g/mol. The van der Waals surface area contributed by atoms with Gasteiger partial charge in [-0.25, -0.2) is 13.4 Å². The minimum atomic E-state index is -3.78. The summed E-state index contributed by atoms with van der Waals surface area (Å²) in [4.78, 5) is 24.8. The van der Waals surface area contributed by atoms with Crippen LogP contribution in [0.2, 0.25) is 0 Å². The largest absolute Gasteiger partial charge is 0.494 e. The lowest BCUT2D eigenvalue weighted by Crippen LogP contribution is -2.52. The number of thiazole rings is 1. The molecule has 1 aromatic carbocycles. The number of anilines is 1. The maximum atomic E-state index is 14.1. The third kappa shape index (κ3) is 5.01. The third-order valence-electron chi connectivity index (χ3n) is 6.00. The number of thiophene rings is 1. The van der Waals surface area contributed by atoms with Crippen LogP contribution in [0.1, 0.15) is 31.9 Å². The van der Waals surface area contributed by atoms with Crippen molar-refractivity contribution in [2.75, 3.05) is 18.1 Å². The van der Waals surface area contributed by atoms with Crippen molar-refractivity contribution in [3.63, 3.8) is 0 Å². The predicted octanol–water partition coefficient (Wildman–Crippen LogP) is 4.93. The quantitative estimate of drug-likeness (QED) is 0.314. The van der Waals surface area contributed by atoms with Crippen LogP contribution in [0.4, 0.5) is 5.13 Å². The summed E-state index contributed by atoms with van der Waals surface area (Å²) in [5.41, 5.74) is 1.45. The number of carbonyl (C=O) groups is 1. The van der Waals surface area contributed by atoms with E-state index in [1.165, 1.54) is 27.0 Å². The van der Waals surface area contributed by atoms with Gasteiger partial charge in [0.25, 0.3) is 10.0 Å². The van der Waals surface area contributed by atoms with Gasteiger partial charge in [-0.15, -0.1) is 11.3 Å². The zero-order valence-electron chi connectivity index (χ0n) is 19.7. The average Bonchev–Trinajstić information content (AvgIpc) is 3.58. The fourth-order valence-electron chi connectivity index (χ4n) is 4.30. The van der Waals surface area contributed by atoms with Crippen LogP contribution in [0.5, 0.6) is 5.75 Å². The summed E-state index contributed by atoms with van der Waals surface area (Å²) in [7, 11) is -3.78. The lowest BCUT2D eigenvalue weighted by atomic mass is 10.0. The van der Waals surface area contributed by atoms with Gasteiger partial charge in [-0.3, -0.25) is 14.7 Å². The molecule has 36 heavy (non-hydrogen) atoms. The van der Waals surface area contributed by atoms with Gasteiger partial charge in [0.2, 0.25) is 5.91 Å². The van der Waals surface area contributed by atoms with Gasteiger partial charge in [0, 0.05) is 12.7 Å². The molecule has 5 rings (SSSR count). The lowest BCUT2D eigenvalue weighted by Gasteiger charge is -2.35. The Morgan fingerprint density at radius 2 is 2.08 bits per heavy atom. The molecule has 1 aliphatic heterocycles. The number of ether oxygens (including phenoxy) is 1. The maximum Gasteiger partial charge on any atom is 0.253 e. The minimum absolute atomic E-state index is 0.196. The molecule has 0 aliphatic carbocycles. The SMILES string of the molecule is CCOc1ccc2nc(N(Cc3ccccn3)C(=O)C3CCCCN3S(=O)(=O)c3cccs3)sc2c1. The highest BCUT2D eigenvalue weighted by atomic mass is 32.2. The summed E-state index contributed by atoms with van der Waals surface area (Å²) in [5, 5.41) is 2.24. The summed E-state index contributed by atoms with van der Waals surface area (Å²) in [6.45, 7) is 2.99. The summed E-state index contributed by atoms with van der Waals surface area (Å²) < 4.78 is 35.0. The number of aromatic nitrogens is 2. The van der Waals surface area contributed by atoms with Crippen molar-refractivity contribution in [2.24, 2.45) is 0 Å². The third-order valence-corrected chi connectivity index (χ3v) is 10.3. The Balaban J connectivity index is 1.53. The molecule has 0 bridgehead atoms. The minimum Gasteiger partial charge on any atom is -0.494 e. The standard InChI is InChI=1S/C25H26N4O4S3/c1-2-33-19-11-12-20-22(16-19)35-25(27-20)28(17-18-8-3-5-13-26-18)24(30)21-9-4-6-14-29(21)36(31,32)23-10-7-15-34-23/h3,5,7-8,10-13,15-16,21H,2,4,6,9,14,17H2,1H3. The second-order valence-electron chi connectivity index (χ2n) is 8.36. The van der Waals surface area contributed by atoms with E-state index >= 15 is 0 Å². The van der Waals surface area contributed by atoms with Crippen LogP contribution >= 0.6 is 22.7 Å². The molecule has 1 fully saturated rings. The highest BCUT2D eigenvalue weighted by Crippen LogP contribution is 2.35. The Labute approximate surface area is 218 Å². The number of pyridine rings is 1. The van der Waals surface area contributed by atoms with Crippen LogP contribution in [-0.2, 0) is 21.4 Å². The number of amides is 1. The van der Waals surface area contributed by atoms with Crippen molar-refractivity contribution in [2.45, 2.75) is 43.0 Å². The molecule has 4 heterocycles. The highest BCUT2D eigenvalue weighted by molar-refractivity contribution is 7.91. The maximum absolute atomic E-state index is 14.1. The van der Waals surface area contributed by atoms with E-state index in [4.69, 9.17) is 9.72 Å². The van der Waals surface area contributed by atoms with Crippen molar-refractivity contribution in [1.29, 1.82) is 0 Å². The number of hydrogen-bond acceptors (Lipinski definition) is 8. The van der Waals surface area contributed by atoms with Crippen molar-refractivity contribution in [1.82, 2.24) is 14.3 Å². The molecule has 11 heteroatoms. The van der Waals surface area contributed by atoms with Crippen molar-refractivity contribution >= 4 is 54.0 Å². The number of nitrogens with zero attached hydrogens (tertiary/aromatic N) is 4. The van der Waals surface area contributed by atoms with E-state index in [0.29, 0.717) is 30.4 Å². The Bertz CT molecular complexity index is 1440. The molecule has 3 aromatic heterocycles. The fraction of sp³-hybridized carbons (Fsp3) is 0.320. The number of benzene rings is 1. The van der Waals surface area contributed by atoms with E-state index in [2.05, 4.69) is 4.98 Å². The highest BCUT2D eigenvalue weighted by Gasteiger charge is 2.41. The first-order valence-electron chi connectivity index (χ1n) is 11.8. The molecule has 0 spiro atoms. The van der Waals surface area contributed by atoms with E-state index in [-0.39, 0.29) is 16.7 Å². The molecule has 4 aromatic rings. The molecule has 1 unspecified atom stereocenters. The van der Waals surface area contributed by atoms with Crippen LogP contribution in [-0.4, -0.2) is 47.8 Å². The van der Waals surface area contributed by atoms with Crippen molar-refractivity contribution < 1.29 is 17.9 Å². The van der Waals surface area contributed by atoms with E-state index in [1.807, 2.05) is 43.3 Å². The van der Waals surface area contributed by atoms with Crippen LogP contribution in [0.3, 0.4) is 0 Å². The fourth-order valence-corrected chi connectivity index (χ4v) is 8.07. The number of carbonyl (C=O) groups excluding carboxylic acids is 1. The number of piperidine rings is 1. The summed E-state index contributed by atoms with van der Waals surface area (Å²) in [6, 6.07) is 13.7. The van der Waals surface area contributed by atoms with Gasteiger partial charge in [0.1, 0.15) is 16.0 Å². The summed E-state index contributed by atoms with van der Waals surface area (Å²) >= 11 is 2.55. The van der Waals surface area contributed by atoms with Crippen LogP contribution < -0.4 is 9.64 Å². The molecule has 0 radical (unpaired) electrons. The van der Waals surface area contributed by atoms with Gasteiger partial charge >= 0.3 is 0 Å². The van der Waals surface area contributed by atoms with Crippen LogP contribution in [0.15, 0.2) is 64.3 Å². The number of fused-ring (bicyclic) bond motifs is 1. The molecular weight excluding hydrogens is 517 g/mol. The number of rotatable bonds is 8. The Morgan fingerprint density at radius 1 is 1.19 bits per heavy atom. The summed E-state index contributed by atoms with van der Waals surface area (Å²) in [5.74, 6) is 0.452. The second-order valence-corrected chi connectivity index (χ2v) is 12.4. The molecule has 1 amide bonds. The first-order valence-corrected chi connectivity index (χ1v) is 14.9. The van der Waals surface area contributed by atoms with Gasteiger partial charge in [-0.1, -0.05) is 29.9 Å². The molecular formula is C25H26N4O4S3. The first-order chi connectivity index (χ1) is 17.5. The molecule has 8 nitrogen and oxygen atoms in total.